The Labute approximate surface area is 133 Å². The fraction of sp³-hybridized carbons (Fsp3) is 0.714. The molecule has 1 rings (SSSR count). The summed E-state index contributed by atoms with van der Waals surface area (Å²) in [6.45, 7) is 6.16. The summed E-state index contributed by atoms with van der Waals surface area (Å²) in [5.74, 6) is -2.69. The normalized spacial score (nSPS) is 30.0. The van der Waals surface area contributed by atoms with Gasteiger partial charge in [0.1, 0.15) is 0 Å². The lowest BCUT2D eigenvalue weighted by Crippen LogP contribution is -2.61. The van der Waals surface area contributed by atoms with Gasteiger partial charge in [0.05, 0.1) is 6.10 Å². The van der Waals surface area contributed by atoms with Gasteiger partial charge in [0, 0.05) is 27.7 Å². The molecule has 3 unspecified atom stereocenters. The lowest BCUT2D eigenvalue weighted by Gasteiger charge is -2.42. The first-order chi connectivity index (χ1) is 10.6. The van der Waals surface area contributed by atoms with Crippen LogP contribution in [0.5, 0.6) is 0 Å². The molecule has 1 saturated heterocycles. The van der Waals surface area contributed by atoms with E-state index >= 15 is 0 Å². The van der Waals surface area contributed by atoms with Crippen LogP contribution in [0.3, 0.4) is 0 Å². The van der Waals surface area contributed by atoms with Crippen LogP contribution >= 0.6 is 0 Å². The largest absolute Gasteiger partial charge is 0.456 e. The number of carbonyl (C=O) groups is 4. The molecule has 1 fully saturated rings. The highest BCUT2D eigenvalue weighted by atomic mass is 16.7. The molecule has 0 spiro atoms. The second kappa shape index (κ2) is 7.91. The maximum Gasteiger partial charge on any atom is 0.305 e. The van der Waals surface area contributed by atoms with Gasteiger partial charge in [-0.3, -0.25) is 19.2 Å². The van der Waals surface area contributed by atoms with E-state index in [1.54, 1.807) is 6.92 Å². The molecule has 9 heteroatoms. The fourth-order valence-electron chi connectivity index (χ4n) is 2.23. The van der Waals surface area contributed by atoms with Crippen LogP contribution in [-0.4, -0.2) is 54.6 Å². The average Bonchev–Trinajstić information content (AvgIpc) is 2.36. The van der Waals surface area contributed by atoms with E-state index in [1.807, 2.05) is 0 Å². The van der Waals surface area contributed by atoms with Crippen molar-refractivity contribution in [2.75, 3.05) is 0 Å². The third-order valence-corrected chi connectivity index (χ3v) is 2.92. The number of hydrogen-bond acceptors (Lipinski definition) is 9. The molecule has 0 amide bonds. The van der Waals surface area contributed by atoms with Crippen molar-refractivity contribution in [3.05, 3.63) is 0 Å². The number of hydrogen-bond donors (Lipinski definition) is 0. The van der Waals surface area contributed by atoms with Crippen LogP contribution in [-0.2, 0) is 42.9 Å². The molecule has 23 heavy (non-hydrogen) atoms. The Morgan fingerprint density at radius 1 is 0.652 bits per heavy atom. The predicted octanol–water partition coefficient (Wildman–Crippen LogP) is 0.0894. The van der Waals surface area contributed by atoms with Gasteiger partial charge < -0.3 is 23.7 Å². The minimum Gasteiger partial charge on any atom is -0.456 e. The SMILES string of the molecule is CC(=O)OC1C(OC(C)=O)[C@@H](OC(C)=O)C(C)O[C@H]1OC(C)=O. The first-order valence-corrected chi connectivity index (χ1v) is 6.96. The van der Waals surface area contributed by atoms with E-state index in [9.17, 15) is 19.2 Å². The van der Waals surface area contributed by atoms with Crippen LogP contribution in [0.4, 0.5) is 0 Å². The van der Waals surface area contributed by atoms with Crippen LogP contribution in [0.2, 0.25) is 0 Å². The van der Waals surface area contributed by atoms with E-state index in [0.717, 1.165) is 20.8 Å². The summed E-state index contributed by atoms with van der Waals surface area (Å²) in [4.78, 5) is 45.1. The third-order valence-electron chi connectivity index (χ3n) is 2.92. The molecule has 9 nitrogen and oxygen atoms in total. The quantitative estimate of drug-likeness (QED) is 0.521. The Balaban J connectivity index is 3.15. The molecule has 0 radical (unpaired) electrons. The Bertz CT molecular complexity index is 487. The molecular weight excluding hydrogens is 312 g/mol. The minimum atomic E-state index is -1.29. The van der Waals surface area contributed by atoms with E-state index in [4.69, 9.17) is 23.7 Å². The molecule has 0 saturated carbocycles. The van der Waals surface area contributed by atoms with Crippen molar-refractivity contribution in [1.82, 2.24) is 0 Å². The molecule has 1 aliphatic rings. The summed E-state index contributed by atoms with van der Waals surface area (Å²) in [5, 5.41) is 0. The lowest BCUT2D eigenvalue weighted by molar-refractivity contribution is -0.292. The van der Waals surface area contributed by atoms with Crippen molar-refractivity contribution in [1.29, 1.82) is 0 Å². The number of rotatable bonds is 4. The smallest absolute Gasteiger partial charge is 0.305 e. The molecule has 5 atom stereocenters. The average molecular weight is 332 g/mol. The highest BCUT2D eigenvalue weighted by Gasteiger charge is 2.51. The summed E-state index contributed by atoms with van der Waals surface area (Å²) in [5.41, 5.74) is 0. The van der Waals surface area contributed by atoms with Crippen LogP contribution in [0.15, 0.2) is 0 Å². The minimum absolute atomic E-state index is 0.630. The first-order valence-electron chi connectivity index (χ1n) is 6.96. The molecule has 0 aromatic carbocycles. The summed E-state index contributed by atoms with van der Waals surface area (Å²) in [7, 11) is 0. The Morgan fingerprint density at radius 3 is 1.48 bits per heavy atom. The van der Waals surface area contributed by atoms with Crippen molar-refractivity contribution < 1.29 is 42.9 Å². The number of ether oxygens (including phenoxy) is 5. The topological polar surface area (TPSA) is 114 Å². The van der Waals surface area contributed by atoms with Gasteiger partial charge >= 0.3 is 23.9 Å². The number of esters is 4. The van der Waals surface area contributed by atoms with E-state index in [2.05, 4.69) is 0 Å². The van der Waals surface area contributed by atoms with Crippen molar-refractivity contribution in [3.63, 3.8) is 0 Å². The van der Waals surface area contributed by atoms with Crippen molar-refractivity contribution in [3.8, 4) is 0 Å². The molecule has 1 heterocycles. The van der Waals surface area contributed by atoms with Crippen LogP contribution in [0, 0.1) is 0 Å². The van der Waals surface area contributed by atoms with Gasteiger partial charge in [0.2, 0.25) is 12.4 Å². The molecule has 1 aliphatic heterocycles. The van der Waals surface area contributed by atoms with Gasteiger partial charge in [0.15, 0.2) is 12.2 Å². The predicted molar refractivity (Wildman–Crippen MR) is 72.8 cm³/mol. The van der Waals surface area contributed by atoms with Crippen molar-refractivity contribution >= 4 is 23.9 Å². The van der Waals surface area contributed by atoms with E-state index < -0.39 is 54.6 Å². The van der Waals surface area contributed by atoms with E-state index in [1.165, 1.54) is 6.92 Å². The summed E-state index contributed by atoms with van der Waals surface area (Å²) in [6, 6.07) is 0. The van der Waals surface area contributed by atoms with Crippen LogP contribution in [0.25, 0.3) is 0 Å². The van der Waals surface area contributed by atoms with Crippen LogP contribution in [0.1, 0.15) is 34.6 Å². The maximum atomic E-state index is 11.4. The molecule has 0 aromatic heterocycles. The lowest BCUT2D eigenvalue weighted by atomic mass is 9.99. The van der Waals surface area contributed by atoms with Gasteiger partial charge in [-0.1, -0.05) is 0 Å². The molecule has 0 aromatic rings. The zero-order chi connectivity index (χ0) is 17.7. The fourth-order valence-corrected chi connectivity index (χ4v) is 2.23. The molecule has 0 N–H and O–H groups in total. The zero-order valence-electron chi connectivity index (χ0n) is 13.6. The highest BCUT2D eigenvalue weighted by molar-refractivity contribution is 5.69. The summed E-state index contributed by atoms with van der Waals surface area (Å²) < 4.78 is 25.7. The van der Waals surface area contributed by atoms with Crippen LogP contribution < -0.4 is 0 Å². The van der Waals surface area contributed by atoms with Gasteiger partial charge in [-0.05, 0) is 6.92 Å². The Hall–Kier alpha value is -2.16. The highest BCUT2D eigenvalue weighted by Crippen LogP contribution is 2.29. The molecule has 0 aliphatic carbocycles. The van der Waals surface area contributed by atoms with E-state index in [0.29, 0.717) is 0 Å². The molecule has 0 bridgehead atoms. The van der Waals surface area contributed by atoms with Gasteiger partial charge in [-0.2, -0.15) is 0 Å². The molecular formula is C14H20O9. The number of carbonyl (C=O) groups excluding carboxylic acids is 4. The van der Waals surface area contributed by atoms with Gasteiger partial charge in [-0.25, -0.2) is 0 Å². The summed E-state index contributed by atoms with van der Waals surface area (Å²) >= 11 is 0. The Morgan fingerprint density at radius 2 is 1.04 bits per heavy atom. The van der Waals surface area contributed by atoms with Gasteiger partial charge in [-0.15, -0.1) is 0 Å². The van der Waals surface area contributed by atoms with E-state index in [-0.39, 0.29) is 0 Å². The molecule has 130 valence electrons. The third kappa shape index (κ3) is 5.51. The van der Waals surface area contributed by atoms with Crippen molar-refractivity contribution in [2.24, 2.45) is 0 Å². The maximum absolute atomic E-state index is 11.4. The second-order valence-corrected chi connectivity index (χ2v) is 5.04. The Kier molecular flexibility index (Phi) is 6.49. The summed E-state index contributed by atoms with van der Waals surface area (Å²) in [6.07, 6.45) is -5.51. The first kappa shape index (κ1) is 18.9. The second-order valence-electron chi connectivity index (χ2n) is 5.04. The monoisotopic (exact) mass is 332 g/mol. The standard InChI is InChI=1S/C14H20O9/c1-6-11(20-7(2)15)12(21-8(3)16)13(22-9(4)17)14(19-6)23-10(5)18/h6,11-14H,1-5H3/t6?,11-,12?,13?,14-/m0/s1. The van der Waals surface area contributed by atoms with Crippen molar-refractivity contribution in [2.45, 2.75) is 65.3 Å². The van der Waals surface area contributed by atoms with Gasteiger partial charge in [0.25, 0.3) is 0 Å². The zero-order valence-corrected chi connectivity index (χ0v) is 13.6.